The Labute approximate surface area is 61.7 Å². The van der Waals surface area contributed by atoms with E-state index in [0.717, 1.165) is 0 Å². The highest BCUT2D eigenvalue weighted by atomic mass is 127. The monoisotopic (exact) mass is 229 g/mol. The van der Waals surface area contributed by atoms with Crippen LogP contribution in [0.25, 0.3) is 0 Å². The first-order valence-corrected chi connectivity index (χ1v) is 3.38. The van der Waals surface area contributed by atoms with Gasteiger partial charge in [0.05, 0.1) is 17.6 Å². The molecule has 0 aliphatic heterocycles. The predicted octanol–water partition coefficient (Wildman–Crippen LogP) is 0.269. The van der Waals surface area contributed by atoms with Crippen molar-refractivity contribution in [2.24, 2.45) is 5.73 Å². The van der Waals surface area contributed by atoms with Crippen molar-refractivity contribution in [3.05, 3.63) is 0 Å². The van der Waals surface area contributed by atoms with Gasteiger partial charge in [-0.05, 0) is 0 Å². The maximum Gasteiger partial charge on any atom is 0.307 e. The third-order valence-electron chi connectivity index (χ3n) is 0.589. The van der Waals surface area contributed by atoms with Gasteiger partial charge >= 0.3 is 5.97 Å². The molecule has 0 rings (SSSR count). The van der Waals surface area contributed by atoms with Gasteiger partial charge in [0.25, 0.3) is 0 Å². The Bertz CT molecular complexity index is 84.1. The van der Waals surface area contributed by atoms with E-state index in [0.29, 0.717) is 0 Å². The van der Waals surface area contributed by atoms with Gasteiger partial charge in [-0.2, -0.15) is 0 Å². The van der Waals surface area contributed by atoms with Gasteiger partial charge in [0.1, 0.15) is 0 Å². The predicted molar refractivity (Wildman–Crippen MR) is 38.6 cm³/mol. The summed E-state index contributed by atoms with van der Waals surface area (Å²) in [6, 6.07) is 0. The summed E-state index contributed by atoms with van der Waals surface area (Å²) in [6.45, 7) is 0. The van der Waals surface area contributed by atoms with Gasteiger partial charge in [0.15, 0.2) is 0 Å². The van der Waals surface area contributed by atoms with E-state index in [9.17, 15) is 4.79 Å². The van der Waals surface area contributed by atoms with Crippen LogP contribution < -0.4 is 5.73 Å². The topological polar surface area (TPSA) is 52.3 Å². The van der Waals surface area contributed by atoms with Crippen molar-refractivity contribution in [1.82, 2.24) is 0 Å². The van der Waals surface area contributed by atoms with Crippen LogP contribution in [0.4, 0.5) is 0 Å². The van der Waals surface area contributed by atoms with Crippen molar-refractivity contribution >= 4 is 28.6 Å². The molecule has 1 atom stereocenters. The lowest BCUT2D eigenvalue weighted by molar-refractivity contribution is -0.140. The van der Waals surface area contributed by atoms with E-state index >= 15 is 0 Å². The standard InChI is InChI=1S/C4H8INO2/c1-8-4(7)2-3(5)6/h3H,2,6H2,1H3. The maximum atomic E-state index is 10.3. The van der Waals surface area contributed by atoms with Gasteiger partial charge in [-0.1, -0.05) is 22.6 Å². The molecule has 0 aliphatic carbocycles. The fourth-order valence-corrected chi connectivity index (χ4v) is 0.602. The van der Waals surface area contributed by atoms with Crippen LogP contribution in [0.5, 0.6) is 0 Å². The highest BCUT2D eigenvalue weighted by molar-refractivity contribution is 14.1. The highest BCUT2D eigenvalue weighted by Gasteiger charge is 2.03. The van der Waals surface area contributed by atoms with Crippen molar-refractivity contribution < 1.29 is 9.53 Å². The molecule has 8 heavy (non-hydrogen) atoms. The molecule has 1 unspecified atom stereocenters. The molecule has 0 aromatic heterocycles. The lowest BCUT2D eigenvalue weighted by Gasteiger charge is -1.98. The molecule has 48 valence electrons. The van der Waals surface area contributed by atoms with Gasteiger partial charge in [-0.25, -0.2) is 0 Å². The van der Waals surface area contributed by atoms with E-state index in [1.807, 2.05) is 22.6 Å². The molecule has 0 amide bonds. The van der Waals surface area contributed by atoms with Crippen LogP contribution in [0.1, 0.15) is 6.42 Å². The molecule has 0 fully saturated rings. The Hall–Kier alpha value is 0.160. The van der Waals surface area contributed by atoms with Crippen LogP contribution in [-0.2, 0) is 9.53 Å². The van der Waals surface area contributed by atoms with E-state index in [1.165, 1.54) is 7.11 Å². The van der Waals surface area contributed by atoms with E-state index in [4.69, 9.17) is 5.73 Å². The molecular formula is C4H8INO2. The maximum absolute atomic E-state index is 10.3. The van der Waals surface area contributed by atoms with Crippen molar-refractivity contribution in [3.63, 3.8) is 0 Å². The number of methoxy groups -OCH3 is 1. The fourth-order valence-electron chi connectivity index (χ4n) is 0.243. The minimum absolute atomic E-state index is 0.125. The molecule has 0 bridgehead atoms. The van der Waals surface area contributed by atoms with E-state index < -0.39 is 0 Å². The largest absolute Gasteiger partial charge is 0.469 e. The first-order chi connectivity index (χ1) is 3.66. The molecule has 0 aromatic carbocycles. The Morgan fingerprint density at radius 3 is 2.62 bits per heavy atom. The quantitative estimate of drug-likeness (QED) is 0.320. The molecule has 0 spiro atoms. The Kier molecular flexibility index (Phi) is 4.16. The molecule has 3 nitrogen and oxygen atoms in total. The molecule has 0 heterocycles. The average molecular weight is 229 g/mol. The van der Waals surface area contributed by atoms with Crippen LogP contribution in [0.2, 0.25) is 0 Å². The second-order valence-corrected chi connectivity index (χ2v) is 2.90. The number of carbonyl (C=O) groups excluding carboxylic acids is 1. The van der Waals surface area contributed by atoms with Crippen LogP contribution >= 0.6 is 22.6 Å². The number of esters is 1. The molecule has 0 saturated heterocycles. The first-order valence-electron chi connectivity index (χ1n) is 2.13. The van der Waals surface area contributed by atoms with Gasteiger partial charge in [0, 0.05) is 0 Å². The smallest absolute Gasteiger partial charge is 0.307 e. The average Bonchev–Trinajstić information content (AvgIpc) is 1.65. The van der Waals surface area contributed by atoms with E-state index in [2.05, 4.69) is 4.74 Å². The summed E-state index contributed by atoms with van der Waals surface area (Å²) in [6.07, 6.45) is 0.289. The summed E-state index contributed by atoms with van der Waals surface area (Å²) >= 11 is 1.96. The molecule has 0 aromatic rings. The Morgan fingerprint density at radius 2 is 2.50 bits per heavy atom. The number of hydrogen-bond acceptors (Lipinski definition) is 3. The summed E-state index contributed by atoms with van der Waals surface area (Å²) < 4.78 is 4.21. The summed E-state index contributed by atoms with van der Waals surface area (Å²) in [5.74, 6) is -0.257. The number of halogens is 1. The number of alkyl halides is 1. The number of carbonyl (C=O) groups is 1. The van der Waals surface area contributed by atoms with Gasteiger partial charge in [-0.15, -0.1) is 0 Å². The normalized spacial score (nSPS) is 12.9. The number of ether oxygens (including phenoxy) is 1. The van der Waals surface area contributed by atoms with Crippen molar-refractivity contribution in [1.29, 1.82) is 0 Å². The second-order valence-electron chi connectivity index (χ2n) is 1.30. The number of hydrogen-bond donors (Lipinski definition) is 1. The van der Waals surface area contributed by atoms with Crippen molar-refractivity contribution in [3.8, 4) is 0 Å². The summed E-state index contributed by atoms with van der Waals surface area (Å²) in [5, 5.41) is 0. The number of rotatable bonds is 2. The summed E-state index contributed by atoms with van der Waals surface area (Å²) in [7, 11) is 1.35. The SMILES string of the molecule is COC(=O)CC(N)I. The second kappa shape index (κ2) is 4.08. The minimum atomic E-state index is -0.257. The highest BCUT2D eigenvalue weighted by Crippen LogP contribution is 1.97. The zero-order valence-corrected chi connectivity index (χ0v) is 6.71. The fraction of sp³-hybridized carbons (Fsp3) is 0.750. The molecule has 0 aliphatic rings. The minimum Gasteiger partial charge on any atom is -0.469 e. The van der Waals surface area contributed by atoms with Crippen LogP contribution in [0, 0.1) is 0 Å². The Balaban J connectivity index is 3.25. The summed E-state index contributed by atoms with van der Waals surface area (Å²) in [4.78, 5) is 10.3. The van der Waals surface area contributed by atoms with Crippen molar-refractivity contribution in [2.45, 2.75) is 10.5 Å². The molecular weight excluding hydrogens is 221 g/mol. The van der Waals surface area contributed by atoms with Crippen LogP contribution in [0.3, 0.4) is 0 Å². The van der Waals surface area contributed by atoms with Gasteiger partial charge < -0.3 is 10.5 Å². The van der Waals surface area contributed by atoms with Crippen LogP contribution in [0.15, 0.2) is 0 Å². The lowest BCUT2D eigenvalue weighted by Crippen LogP contribution is -2.16. The lowest BCUT2D eigenvalue weighted by atomic mass is 10.4. The van der Waals surface area contributed by atoms with E-state index in [1.54, 1.807) is 0 Å². The van der Waals surface area contributed by atoms with Gasteiger partial charge in [0.2, 0.25) is 0 Å². The number of nitrogens with two attached hydrogens (primary N) is 1. The third kappa shape index (κ3) is 4.32. The van der Waals surface area contributed by atoms with Crippen molar-refractivity contribution in [2.75, 3.05) is 7.11 Å². The zero-order chi connectivity index (χ0) is 6.57. The molecule has 2 N–H and O–H groups in total. The first kappa shape index (κ1) is 8.16. The van der Waals surface area contributed by atoms with Crippen LogP contribution in [-0.4, -0.2) is 17.1 Å². The van der Waals surface area contributed by atoms with E-state index in [-0.39, 0.29) is 16.4 Å². The van der Waals surface area contributed by atoms with Gasteiger partial charge in [-0.3, -0.25) is 4.79 Å². The summed E-state index contributed by atoms with van der Waals surface area (Å²) in [5.41, 5.74) is 5.25. The Morgan fingerprint density at radius 1 is 2.00 bits per heavy atom. The molecule has 4 heteroatoms. The molecule has 0 radical (unpaired) electrons. The molecule has 0 saturated carbocycles. The zero-order valence-electron chi connectivity index (χ0n) is 4.56. The third-order valence-corrected chi connectivity index (χ3v) is 1.03.